The summed E-state index contributed by atoms with van der Waals surface area (Å²) < 4.78 is 11.0. The maximum absolute atomic E-state index is 12.4. The van der Waals surface area contributed by atoms with E-state index in [1.165, 1.54) is 5.57 Å². The van der Waals surface area contributed by atoms with Crippen molar-refractivity contribution < 1.29 is 24.5 Å². The lowest BCUT2D eigenvalue weighted by Crippen LogP contribution is -2.16. The van der Waals surface area contributed by atoms with E-state index < -0.39 is 11.7 Å². The first-order chi connectivity index (χ1) is 13.8. The molecule has 158 valence electrons. The lowest BCUT2D eigenvalue weighted by atomic mass is 10.0. The number of fused-ring (bicyclic) bond motifs is 1. The fourth-order valence-electron chi connectivity index (χ4n) is 2.90. The number of aliphatic hydroxyl groups excluding tert-OH is 2. The maximum atomic E-state index is 12.4. The highest BCUT2D eigenvalue weighted by atomic mass is 16.5. The summed E-state index contributed by atoms with van der Waals surface area (Å²) in [5.74, 6) is 0.210. The second-order valence-electron chi connectivity index (χ2n) is 7.39. The van der Waals surface area contributed by atoms with Crippen LogP contribution >= 0.6 is 0 Å². The van der Waals surface area contributed by atoms with Crippen LogP contribution in [0, 0.1) is 0 Å². The standard InChI is InChI=1S/C23H30O6/c1-15(2)6-4-7-16(3)10-11-18-22(26)21-19(28-13-12-17(25)14-24)8-5-9-20(21)29-23(18)27/h5-6,8-10,17,24-26H,4,7,11-14H2,1-3H3/b16-10+. The predicted octanol–water partition coefficient (Wildman–Crippen LogP) is 3.86. The molecule has 1 heterocycles. The van der Waals surface area contributed by atoms with Crippen molar-refractivity contribution in [3.05, 3.63) is 57.5 Å². The minimum Gasteiger partial charge on any atom is -0.506 e. The first-order valence-electron chi connectivity index (χ1n) is 9.81. The molecule has 1 aromatic heterocycles. The van der Waals surface area contributed by atoms with E-state index in [1.807, 2.05) is 13.0 Å². The predicted molar refractivity (Wildman–Crippen MR) is 113 cm³/mol. The SMILES string of the molecule is CC(C)=CCC/C(C)=C/Cc1c(O)c2c(OCCC(O)CO)cccc2oc1=O. The average Bonchev–Trinajstić information content (AvgIpc) is 2.67. The Labute approximate surface area is 170 Å². The van der Waals surface area contributed by atoms with Crippen molar-refractivity contribution in [1.29, 1.82) is 0 Å². The quantitative estimate of drug-likeness (QED) is 0.412. The van der Waals surface area contributed by atoms with Gasteiger partial charge in [0.05, 0.1) is 24.9 Å². The number of benzene rings is 1. The van der Waals surface area contributed by atoms with E-state index in [1.54, 1.807) is 18.2 Å². The minimum atomic E-state index is -0.869. The molecule has 1 atom stereocenters. The Hall–Kier alpha value is -2.57. The molecule has 3 N–H and O–H groups in total. The molecule has 1 aromatic carbocycles. The van der Waals surface area contributed by atoms with Crippen LogP contribution in [-0.2, 0) is 6.42 Å². The monoisotopic (exact) mass is 402 g/mol. The number of hydrogen-bond acceptors (Lipinski definition) is 6. The summed E-state index contributed by atoms with van der Waals surface area (Å²) in [4.78, 5) is 12.4. The van der Waals surface area contributed by atoms with Gasteiger partial charge in [0.2, 0.25) is 0 Å². The van der Waals surface area contributed by atoms with Crippen LogP contribution in [0.3, 0.4) is 0 Å². The largest absolute Gasteiger partial charge is 0.506 e. The normalized spacial score (nSPS) is 12.8. The third-order valence-electron chi connectivity index (χ3n) is 4.63. The molecule has 0 aliphatic carbocycles. The molecule has 0 spiro atoms. The average molecular weight is 402 g/mol. The van der Waals surface area contributed by atoms with Crippen molar-refractivity contribution in [3.63, 3.8) is 0 Å². The third kappa shape index (κ3) is 6.48. The van der Waals surface area contributed by atoms with Gasteiger partial charge >= 0.3 is 5.63 Å². The zero-order valence-electron chi connectivity index (χ0n) is 17.3. The van der Waals surface area contributed by atoms with Gasteiger partial charge in [-0.3, -0.25) is 0 Å². The number of allylic oxidation sites excluding steroid dienone is 4. The number of ether oxygens (including phenoxy) is 1. The van der Waals surface area contributed by atoms with Gasteiger partial charge in [-0.25, -0.2) is 4.79 Å². The highest BCUT2D eigenvalue weighted by Gasteiger charge is 2.17. The Bertz CT molecular complexity index is 934. The van der Waals surface area contributed by atoms with Crippen molar-refractivity contribution in [1.82, 2.24) is 0 Å². The molecule has 0 saturated carbocycles. The van der Waals surface area contributed by atoms with Crippen molar-refractivity contribution in [3.8, 4) is 11.5 Å². The molecule has 6 heteroatoms. The van der Waals surface area contributed by atoms with Crippen molar-refractivity contribution in [2.75, 3.05) is 13.2 Å². The molecule has 2 rings (SSSR count). The molecule has 0 aliphatic rings. The Morgan fingerprint density at radius 1 is 1.24 bits per heavy atom. The molecular weight excluding hydrogens is 372 g/mol. The third-order valence-corrected chi connectivity index (χ3v) is 4.63. The molecule has 0 aliphatic heterocycles. The zero-order valence-corrected chi connectivity index (χ0v) is 17.3. The van der Waals surface area contributed by atoms with E-state index >= 15 is 0 Å². The van der Waals surface area contributed by atoms with E-state index in [0.717, 1.165) is 18.4 Å². The topological polar surface area (TPSA) is 100 Å². The summed E-state index contributed by atoms with van der Waals surface area (Å²) in [6.45, 7) is 5.92. The Kier molecular flexibility index (Phi) is 8.49. The first kappa shape index (κ1) is 22.7. The molecule has 1 unspecified atom stereocenters. The highest BCUT2D eigenvalue weighted by Crippen LogP contribution is 2.35. The fourth-order valence-corrected chi connectivity index (χ4v) is 2.90. The molecule has 0 bridgehead atoms. The number of hydrogen-bond donors (Lipinski definition) is 3. The van der Waals surface area contributed by atoms with Gasteiger partial charge in [-0.1, -0.05) is 29.4 Å². The van der Waals surface area contributed by atoms with E-state index in [-0.39, 0.29) is 43.0 Å². The summed E-state index contributed by atoms with van der Waals surface area (Å²) in [5, 5.41) is 29.4. The molecule has 0 fully saturated rings. The highest BCUT2D eigenvalue weighted by molar-refractivity contribution is 5.90. The van der Waals surface area contributed by atoms with Gasteiger partial charge in [0.25, 0.3) is 0 Å². The van der Waals surface area contributed by atoms with E-state index in [2.05, 4.69) is 19.9 Å². The molecule has 0 radical (unpaired) electrons. The van der Waals surface area contributed by atoms with E-state index in [4.69, 9.17) is 14.3 Å². The van der Waals surface area contributed by atoms with Gasteiger partial charge in [0.15, 0.2) is 0 Å². The number of aromatic hydroxyl groups is 1. The summed E-state index contributed by atoms with van der Waals surface area (Å²) in [6.07, 6.45) is 5.54. The fraction of sp³-hybridized carbons (Fsp3) is 0.435. The molecule has 0 saturated heterocycles. The smallest absolute Gasteiger partial charge is 0.343 e. The lowest BCUT2D eigenvalue weighted by molar-refractivity contribution is 0.0756. The summed E-state index contributed by atoms with van der Waals surface area (Å²) in [6, 6.07) is 4.92. The van der Waals surface area contributed by atoms with Gasteiger partial charge in [0, 0.05) is 12.8 Å². The van der Waals surface area contributed by atoms with Gasteiger partial charge < -0.3 is 24.5 Å². The van der Waals surface area contributed by atoms with Crippen molar-refractivity contribution in [2.24, 2.45) is 0 Å². The van der Waals surface area contributed by atoms with E-state index in [0.29, 0.717) is 11.1 Å². The first-order valence-corrected chi connectivity index (χ1v) is 9.81. The molecule has 2 aromatic rings. The van der Waals surface area contributed by atoms with Crippen molar-refractivity contribution in [2.45, 2.75) is 52.6 Å². The molecule has 29 heavy (non-hydrogen) atoms. The van der Waals surface area contributed by atoms with Gasteiger partial charge in [-0.05, 0) is 45.7 Å². The Morgan fingerprint density at radius 3 is 2.69 bits per heavy atom. The van der Waals surface area contributed by atoms with Gasteiger partial charge in [-0.2, -0.15) is 0 Å². The summed E-state index contributed by atoms with van der Waals surface area (Å²) in [7, 11) is 0. The van der Waals surface area contributed by atoms with E-state index in [9.17, 15) is 15.0 Å². The Balaban J connectivity index is 2.26. The molecule has 6 nitrogen and oxygen atoms in total. The van der Waals surface area contributed by atoms with Crippen LogP contribution in [0.4, 0.5) is 0 Å². The van der Waals surface area contributed by atoms with Crippen LogP contribution in [0.5, 0.6) is 11.5 Å². The minimum absolute atomic E-state index is 0.150. The summed E-state index contributed by atoms with van der Waals surface area (Å²) >= 11 is 0. The van der Waals surface area contributed by atoms with Crippen LogP contribution in [0.25, 0.3) is 11.0 Å². The van der Waals surface area contributed by atoms with Crippen LogP contribution in [0.2, 0.25) is 0 Å². The Morgan fingerprint density at radius 2 is 2.00 bits per heavy atom. The second-order valence-corrected chi connectivity index (χ2v) is 7.39. The zero-order chi connectivity index (χ0) is 21.4. The number of aliphatic hydroxyl groups is 2. The maximum Gasteiger partial charge on any atom is 0.343 e. The van der Waals surface area contributed by atoms with Crippen LogP contribution in [0.1, 0.15) is 45.6 Å². The van der Waals surface area contributed by atoms with Gasteiger partial charge in [0.1, 0.15) is 22.5 Å². The molecular formula is C23H30O6. The summed E-state index contributed by atoms with van der Waals surface area (Å²) in [5.41, 5.74) is 2.25. The van der Waals surface area contributed by atoms with Crippen LogP contribution in [-0.4, -0.2) is 34.6 Å². The van der Waals surface area contributed by atoms with Gasteiger partial charge in [-0.15, -0.1) is 0 Å². The van der Waals surface area contributed by atoms with Crippen LogP contribution < -0.4 is 10.4 Å². The van der Waals surface area contributed by atoms with Crippen LogP contribution in [0.15, 0.2) is 50.7 Å². The molecule has 0 amide bonds. The number of rotatable bonds is 10. The lowest BCUT2D eigenvalue weighted by Gasteiger charge is -2.12. The van der Waals surface area contributed by atoms with Crippen molar-refractivity contribution >= 4 is 11.0 Å². The second kappa shape index (κ2) is 10.8.